The molecule has 1 aliphatic rings. The normalized spacial score (nSPS) is 16.4. The molecular formula is C21H17ClN2O2. The van der Waals surface area contributed by atoms with Gasteiger partial charge in [-0.15, -0.1) is 0 Å². The molecule has 1 N–H and O–H groups in total. The van der Waals surface area contributed by atoms with Gasteiger partial charge >= 0.3 is 0 Å². The standard InChI is InChI=1S/C21H17ClN2O2/c22-17-8-9-18-16(11-17)12-19(26-18)21(25)24-20(14-5-2-1-3-6-14)15-7-4-10-23-13-15/h1-11,13,19-20H,12H2,(H,24,25). The van der Waals surface area contributed by atoms with E-state index < -0.39 is 6.10 Å². The lowest BCUT2D eigenvalue weighted by Gasteiger charge is -2.21. The minimum Gasteiger partial charge on any atom is -0.480 e. The van der Waals surface area contributed by atoms with Crippen LogP contribution in [0.25, 0.3) is 0 Å². The van der Waals surface area contributed by atoms with Crippen molar-refractivity contribution in [2.24, 2.45) is 0 Å². The van der Waals surface area contributed by atoms with Crippen LogP contribution in [-0.2, 0) is 11.2 Å². The predicted octanol–water partition coefficient (Wildman–Crippen LogP) is 3.94. The van der Waals surface area contributed by atoms with Gasteiger partial charge in [0.1, 0.15) is 5.75 Å². The monoisotopic (exact) mass is 364 g/mol. The molecular weight excluding hydrogens is 348 g/mol. The molecule has 1 aliphatic heterocycles. The number of rotatable bonds is 4. The highest BCUT2D eigenvalue weighted by molar-refractivity contribution is 6.30. The summed E-state index contributed by atoms with van der Waals surface area (Å²) in [6.45, 7) is 0. The van der Waals surface area contributed by atoms with Crippen LogP contribution < -0.4 is 10.1 Å². The molecule has 130 valence electrons. The second kappa shape index (κ2) is 7.18. The predicted molar refractivity (Wildman–Crippen MR) is 100 cm³/mol. The number of carbonyl (C=O) groups excluding carboxylic acids is 1. The lowest BCUT2D eigenvalue weighted by atomic mass is 9.99. The number of halogens is 1. The molecule has 0 radical (unpaired) electrons. The summed E-state index contributed by atoms with van der Waals surface area (Å²) in [5.74, 6) is 0.558. The van der Waals surface area contributed by atoms with E-state index in [0.717, 1.165) is 16.7 Å². The van der Waals surface area contributed by atoms with Gasteiger partial charge in [-0.1, -0.05) is 48.0 Å². The highest BCUT2D eigenvalue weighted by Gasteiger charge is 2.31. The molecule has 26 heavy (non-hydrogen) atoms. The molecule has 0 saturated heterocycles. The summed E-state index contributed by atoms with van der Waals surface area (Å²) >= 11 is 6.03. The van der Waals surface area contributed by atoms with Crippen LogP contribution in [0.3, 0.4) is 0 Å². The maximum atomic E-state index is 12.9. The molecule has 0 fully saturated rings. The Hall–Kier alpha value is -2.85. The summed E-state index contributed by atoms with van der Waals surface area (Å²) in [6.07, 6.45) is 3.43. The zero-order valence-electron chi connectivity index (χ0n) is 13.9. The molecule has 0 spiro atoms. The number of amides is 1. The zero-order valence-corrected chi connectivity index (χ0v) is 14.7. The van der Waals surface area contributed by atoms with Gasteiger partial charge in [0.25, 0.3) is 5.91 Å². The van der Waals surface area contributed by atoms with E-state index >= 15 is 0 Å². The maximum Gasteiger partial charge on any atom is 0.262 e. The molecule has 0 aliphatic carbocycles. The van der Waals surface area contributed by atoms with Crippen molar-refractivity contribution in [3.05, 3.63) is 94.8 Å². The number of ether oxygens (including phenoxy) is 1. The van der Waals surface area contributed by atoms with Crippen LogP contribution >= 0.6 is 11.6 Å². The maximum absolute atomic E-state index is 12.9. The van der Waals surface area contributed by atoms with E-state index in [1.54, 1.807) is 24.5 Å². The number of benzene rings is 2. The molecule has 1 aromatic heterocycles. The van der Waals surface area contributed by atoms with E-state index in [2.05, 4.69) is 10.3 Å². The van der Waals surface area contributed by atoms with Crippen LogP contribution in [0, 0.1) is 0 Å². The Morgan fingerprint density at radius 2 is 1.92 bits per heavy atom. The van der Waals surface area contributed by atoms with E-state index in [9.17, 15) is 4.79 Å². The van der Waals surface area contributed by atoms with Crippen molar-refractivity contribution in [2.75, 3.05) is 0 Å². The molecule has 0 saturated carbocycles. The topological polar surface area (TPSA) is 51.2 Å². The number of hydrogen-bond donors (Lipinski definition) is 1. The number of fused-ring (bicyclic) bond motifs is 1. The summed E-state index contributed by atoms with van der Waals surface area (Å²) in [5, 5.41) is 3.75. The quantitative estimate of drug-likeness (QED) is 0.762. The van der Waals surface area contributed by atoms with Crippen LogP contribution in [0.2, 0.25) is 5.02 Å². The molecule has 2 atom stereocenters. The van der Waals surface area contributed by atoms with Crippen LogP contribution in [-0.4, -0.2) is 17.0 Å². The summed E-state index contributed by atoms with van der Waals surface area (Å²) < 4.78 is 5.81. The number of pyridine rings is 1. The number of carbonyl (C=O) groups is 1. The fourth-order valence-electron chi connectivity index (χ4n) is 3.15. The van der Waals surface area contributed by atoms with Crippen molar-refractivity contribution < 1.29 is 9.53 Å². The van der Waals surface area contributed by atoms with Gasteiger partial charge in [-0.2, -0.15) is 0 Å². The summed E-state index contributed by atoms with van der Waals surface area (Å²) in [5.41, 5.74) is 2.87. The highest BCUT2D eigenvalue weighted by Crippen LogP contribution is 2.31. The summed E-state index contributed by atoms with van der Waals surface area (Å²) in [6, 6.07) is 18.8. The van der Waals surface area contributed by atoms with Gasteiger partial charge in [0.15, 0.2) is 6.10 Å². The minimum atomic E-state index is -0.564. The van der Waals surface area contributed by atoms with E-state index in [4.69, 9.17) is 16.3 Å². The smallest absolute Gasteiger partial charge is 0.262 e. The SMILES string of the molecule is O=C(NC(c1ccccc1)c1cccnc1)C1Cc2cc(Cl)ccc2O1. The first-order valence-corrected chi connectivity index (χ1v) is 8.79. The lowest BCUT2D eigenvalue weighted by molar-refractivity contribution is -0.127. The highest BCUT2D eigenvalue weighted by atomic mass is 35.5. The Bertz CT molecular complexity index is 876. The first kappa shape index (κ1) is 16.6. The molecule has 4 nitrogen and oxygen atoms in total. The Labute approximate surface area is 156 Å². The Balaban J connectivity index is 1.56. The lowest BCUT2D eigenvalue weighted by Crippen LogP contribution is -2.40. The fraction of sp³-hybridized carbons (Fsp3) is 0.143. The average molecular weight is 365 g/mol. The van der Waals surface area contributed by atoms with E-state index in [-0.39, 0.29) is 11.9 Å². The van der Waals surface area contributed by atoms with Crippen LogP contribution in [0.5, 0.6) is 5.75 Å². The van der Waals surface area contributed by atoms with Gasteiger partial charge < -0.3 is 10.1 Å². The third kappa shape index (κ3) is 3.41. The fourth-order valence-corrected chi connectivity index (χ4v) is 3.34. The third-order valence-electron chi connectivity index (χ3n) is 4.43. The van der Waals surface area contributed by atoms with Gasteiger partial charge in [0.05, 0.1) is 6.04 Å². The Kier molecular flexibility index (Phi) is 4.59. The molecule has 0 bridgehead atoms. The molecule has 1 amide bonds. The van der Waals surface area contributed by atoms with Gasteiger partial charge in [-0.25, -0.2) is 0 Å². The Morgan fingerprint density at radius 1 is 1.12 bits per heavy atom. The number of aromatic nitrogens is 1. The zero-order chi connectivity index (χ0) is 17.9. The van der Waals surface area contributed by atoms with Gasteiger partial charge in [-0.05, 0) is 41.0 Å². The Morgan fingerprint density at radius 3 is 2.69 bits per heavy atom. The molecule has 4 rings (SSSR count). The first-order chi connectivity index (χ1) is 12.7. The minimum absolute atomic E-state index is 0.157. The summed E-state index contributed by atoms with van der Waals surface area (Å²) in [4.78, 5) is 17.0. The molecule has 5 heteroatoms. The van der Waals surface area contributed by atoms with Crippen LogP contribution in [0.4, 0.5) is 0 Å². The molecule has 3 aromatic rings. The molecule has 2 aromatic carbocycles. The average Bonchev–Trinajstić information content (AvgIpc) is 3.10. The van der Waals surface area contributed by atoms with Crippen molar-refractivity contribution >= 4 is 17.5 Å². The number of nitrogens with one attached hydrogen (secondary N) is 1. The van der Waals surface area contributed by atoms with Crippen molar-refractivity contribution in [2.45, 2.75) is 18.6 Å². The van der Waals surface area contributed by atoms with Crippen molar-refractivity contribution in [3.8, 4) is 5.75 Å². The van der Waals surface area contributed by atoms with Crippen molar-refractivity contribution in [1.82, 2.24) is 10.3 Å². The number of hydrogen-bond acceptors (Lipinski definition) is 3. The van der Waals surface area contributed by atoms with Gasteiger partial charge in [0, 0.05) is 23.8 Å². The second-order valence-corrected chi connectivity index (χ2v) is 6.64. The van der Waals surface area contributed by atoms with Crippen molar-refractivity contribution in [3.63, 3.8) is 0 Å². The van der Waals surface area contributed by atoms with E-state index in [1.165, 1.54) is 0 Å². The van der Waals surface area contributed by atoms with E-state index in [1.807, 2.05) is 48.5 Å². The van der Waals surface area contributed by atoms with Gasteiger partial charge in [0.2, 0.25) is 0 Å². The summed E-state index contributed by atoms with van der Waals surface area (Å²) in [7, 11) is 0. The van der Waals surface area contributed by atoms with Crippen molar-refractivity contribution in [1.29, 1.82) is 0 Å². The molecule has 2 unspecified atom stereocenters. The second-order valence-electron chi connectivity index (χ2n) is 6.20. The van der Waals surface area contributed by atoms with Crippen LogP contribution in [0.1, 0.15) is 22.7 Å². The van der Waals surface area contributed by atoms with E-state index in [0.29, 0.717) is 17.2 Å². The third-order valence-corrected chi connectivity index (χ3v) is 4.66. The number of nitrogens with zero attached hydrogens (tertiary/aromatic N) is 1. The largest absolute Gasteiger partial charge is 0.480 e. The molecule has 2 heterocycles. The van der Waals surface area contributed by atoms with Crippen LogP contribution in [0.15, 0.2) is 73.1 Å². The van der Waals surface area contributed by atoms with Gasteiger partial charge in [-0.3, -0.25) is 9.78 Å². The first-order valence-electron chi connectivity index (χ1n) is 8.41.